The predicted molar refractivity (Wildman–Crippen MR) is 56.7 cm³/mol. The number of phenolic OH excluding ortho intramolecular Hbond substituents is 1. The van der Waals surface area contributed by atoms with Crippen molar-refractivity contribution in [2.24, 2.45) is 0 Å². The van der Waals surface area contributed by atoms with Crippen LogP contribution in [0.5, 0.6) is 5.75 Å². The number of phenols is 1. The molecular formula is C13H12IO+. The second kappa shape index (κ2) is 4.66. The fourth-order valence-corrected chi connectivity index (χ4v) is 3.38. The van der Waals surface area contributed by atoms with Crippen LogP contribution in [0.25, 0.3) is 0 Å². The second-order valence-corrected chi connectivity index (χ2v) is 6.40. The third kappa shape index (κ3) is 2.96. The average molecular weight is 311 g/mol. The highest BCUT2D eigenvalue weighted by Crippen LogP contribution is 2.03. The summed E-state index contributed by atoms with van der Waals surface area (Å²) in [5, 5.41) is 9.17. The summed E-state index contributed by atoms with van der Waals surface area (Å²) in [4.78, 5) is 0. The molecule has 0 fully saturated rings. The van der Waals surface area contributed by atoms with Crippen LogP contribution in [0.2, 0.25) is 0 Å². The third-order valence-corrected chi connectivity index (χ3v) is 4.74. The van der Waals surface area contributed by atoms with Crippen LogP contribution in [0, 0.1) is 14.1 Å². The van der Waals surface area contributed by atoms with Gasteiger partial charge < -0.3 is 5.11 Å². The number of aromatic hydroxyl groups is 1. The highest BCUT2D eigenvalue weighted by molar-refractivity contribution is 5.18. The van der Waals surface area contributed by atoms with Crippen LogP contribution in [-0.2, 0) is 0 Å². The second-order valence-electron chi connectivity index (χ2n) is 3.37. The minimum atomic E-state index is -0.108. The smallest absolute Gasteiger partial charge is 0.357 e. The van der Waals surface area contributed by atoms with Gasteiger partial charge in [0.15, 0.2) is 7.14 Å². The molecule has 0 saturated carbocycles. The fourth-order valence-electron chi connectivity index (χ4n) is 1.23. The first-order valence-electron chi connectivity index (χ1n) is 4.74. The van der Waals surface area contributed by atoms with E-state index in [9.17, 15) is 5.11 Å². The van der Waals surface area contributed by atoms with Crippen LogP contribution >= 0.6 is 0 Å². The Labute approximate surface area is 100 Å². The Morgan fingerprint density at radius 2 is 1.27 bits per heavy atom. The molecule has 0 amide bonds. The topological polar surface area (TPSA) is 20.2 Å². The van der Waals surface area contributed by atoms with Crippen molar-refractivity contribution in [1.82, 2.24) is 0 Å². The van der Waals surface area contributed by atoms with Gasteiger partial charge in [-0.05, 0) is 43.3 Å². The summed E-state index contributed by atoms with van der Waals surface area (Å²) in [6, 6.07) is 16.2. The van der Waals surface area contributed by atoms with E-state index in [4.69, 9.17) is 0 Å². The maximum atomic E-state index is 9.17. The van der Waals surface area contributed by atoms with Crippen molar-refractivity contribution in [2.75, 3.05) is 0 Å². The molecular weight excluding hydrogens is 299 g/mol. The Kier molecular flexibility index (Phi) is 3.26. The largest absolute Gasteiger partial charge is 0.508 e. The van der Waals surface area contributed by atoms with Crippen molar-refractivity contribution in [3.8, 4) is 5.75 Å². The number of halogens is 1. The van der Waals surface area contributed by atoms with Crippen LogP contribution in [0.4, 0.5) is 0 Å². The molecule has 76 valence electrons. The van der Waals surface area contributed by atoms with Crippen molar-refractivity contribution >= 4 is 0 Å². The molecule has 0 unspecified atom stereocenters. The third-order valence-electron chi connectivity index (χ3n) is 2.06. The van der Waals surface area contributed by atoms with E-state index >= 15 is 0 Å². The molecule has 0 spiro atoms. The molecule has 0 atom stereocenters. The summed E-state index contributed by atoms with van der Waals surface area (Å²) in [5.74, 6) is 0.340. The molecule has 0 aromatic heterocycles. The maximum absolute atomic E-state index is 9.17. The van der Waals surface area contributed by atoms with Gasteiger partial charge in [-0.25, -0.2) is 0 Å². The first-order chi connectivity index (χ1) is 7.24. The van der Waals surface area contributed by atoms with Crippen molar-refractivity contribution in [3.63, 3.8) is 0 Å². The van der Waals surface area contributed by atoms with E-state index < -0.39 is 0 Å². The Balaban J connectivity index is 2.15. The van der Waals surface area contributed by atoms with Gasteiger partial charge in [-0.3, -0.25) is 0 Å². The molecule has 2 aromatic carbocycles. The zero-order chi connectivity index (χ0) is 10.7. The Bertz CT molecular complexity index is 388. The van der Waals surface area contributed by atoms with Gasteiger partial charge in [0.2, 0.25) is 0 Å². The molecule has 2 heteroatoms. The SMILES string of the molecule is Cc1ccc([I+]c2ccc(O)cc2)cc1. The van der Waals surface area contributed by atoms with Crippen LogP contribution in [0.15, 0.2) is 48.5 Å². The molecule has 0 bridgehead atoms. The molecule has 2 aromatic rings. The van der Waals surface area contributed by atoms with Crippen molar-refractivity contribution in [1.29, 1.82) is 0 Å². The lowest BCUT2D eigenvalue weighted by molar-refractivity contribution is -0.597. The molecule has 0 aliphatic carbocycles. The van der Waals surface area contributed by atoms with Gasteiger partial charge >= 0.3 is 21.2 Å². The number of aryl methyl sites for hydroxylation is 1. The van der Waals surface area contributed by atoms with Crippen molar-refractivity contribution in [2.45, 2.75) is 6.92 Å². The summed E-state index contributed by atoms with van der Waals surface area (Å²) in [5.41, 5.74) is 1.30. The van der Waals surface area contributed by atoms with E-state index in [1.54, 1.807) is 12.1 Å². The zero-order valence-electron chi connectivity index (χ0n) is 8.44. The number of hydrogen-bond acceptors (Lipinski definition) is 1. The maximum Gasteiger partial charge on any atom is 0.357 e. The van der Waals surface area contributed by atoms with Gasteiger partial charge in [-0.1, -0.05) is 17.7 Å². The quantitative estimate of drug-likeness (QED) is 0.764. The molecule has 15 heavy (non-hydrogen) atoms. The number of benzene rings is 2. The van der Waals surface area contributed by atoms with Gasteiger partial charge in [-0.15, -0.1) is 0 Å². The standard InChI is InChI=1S/C13H11IO/c1-10-2-4-11(5-3-10)14-12-6-8-13(15)9-7-12/h2-9H,1H3/p+1. The molecule has 1 N–H and O–H groups in total. The highest BCUT2D eigenvalue weighted by Gasteiger charge is 2.14. The van der Waals surface area contributed by atoms with Gasteiger partial charge in [0.1, 0.15) is 5.75 Å². The zero-order valence-corrected chi connectivity index (χ0v) is 10.6. The summed E-state index contributed by atoms with van der Waals surface area (Å²) in [6.45, 7) is 2.10. The molecule has 0 saturated heterocycles. The van der Waals surface area contributed by atoms with Gasteiger partial charge in [0.25, 0.3) is 0 Å². The first kappa shape index (κ1) is 10.5. The summed E-state index contributed by atoms with van der Waals surface area (Å²) >= 11 is -0.108. The Hall–Kier alpha value is -1.03. The summed E-state index contributed by atoms with van der Waals surface area (Å²) in [6.07, 6.45) is 0. The lowest BCUT2D eigenvalue weighted by atomic mass is 10.2. The van der Waals surface area contributed by atoms with E-state index in [1.807, 2.05) is 12.1 Å². The van der Waals surface area contributed by atoms with E-state index in [2.05, 4.69) is 31.2 Å². The average Bonchev–Trinajstić information content (AvgIpc) is 2.25. The van der Waals surface area contributed by atoms with Crippen LogP contribution < -0.4 is 21.2 Å². The summed E-state index contributed by atoms with van der Waals surface area (Å²) in [7, 11) is 0. The molecule has 0 aliphatic rings. The number of rotatable bonds is 2. The Morgan fingerprint density at radius 3 is 1.80 bits per heavy atom. The van der Waals surface area contributed by atoms with E-state index in [0.717, 1.165) is 0 Å². The first-order valence-corrected chi connectivity index (χ1v) is 6.90. The van der Waals surface area contributed by atoms with Crippen LogP contribution in [0.3, 0.4) is 0 Å². The van der Waals surface area contributed by atoms with Crippen molar-refractivity contribution < 1.29 is 26.3 Å². The minimum Gasteiger partial charge on any atom is -0.508 e. The van der Waals surface area contributed by atoms with E-state index in [0.29, 0.717) is 5.75 Å². The highest BCUT2D eigenvalue weighted by atomic mass is 127. The molecule has 2 rings (SSSR count). The van der Waals surface area contributed by atoms with Crippen LogP contribution in [-0.4, -0.2) is 5.11 Å². The summed E-state index contributed by atoms with van der Waals surface area (Å²) < 4.78 is 2.74. The lowest BCUT2D eigenvalue weighted by Gasteiger charge is -1.90. The van der Waals surface area contributed by atoms with E-state index in [-0.39, 0.29) is 21.2 Å². The predicted octanol–water partition coefficient (Wildman–Crippen LogP) is -0.171. The normalized spacial score (nSPS) is 10.2. The van der Waals surface area contributed by atoms with Gasteiger partial charge in [0.05, 0.1) is 0 Å². The number of hydrogen-bond donors (Lipinski definition) is 1. The molecule has 0 aliphatic heterocycles. The monoisotopic (exact) mass is 311 g/mol. The minimum absolute atomic E-state index is 0.108. The van der Waals surface area contributed by atoms with Gasteiger partial charge in [0, 0.05) is 0 Å². The fraction of sp³-hybridized carbons (Fsp3) is 0.0769. The molecule has 1 nitrogen and oxygen atoms in total. The lowest BCUT2D eigenvalue weighted by Crippen LogP contribution is -3.61. The molecule has 0 heterocycles. The van der Waals surface area contributed by atoms with Crippen molar-refractivity contribution in [3.05, 3.63) is 61.2 Å². The molecule has 0 radical (unpaired) electrons. The Morgan fingerprint density at radius 1 is 0.800 bits per heavy atom. The van der Waals surface area contributed by atoms with E-state index in [1.165, 1.54) is 12.7 Å². The van der Waals surface area contributed by atoms with Crippen LogP contribution in [0.1, 0.15) is 5.56 Å². The van der Waals surface area contributed by atoms with Gasteiger partial charge in [-0.2, -0.15) is 0 Å².